The van der Waals surface area contributed by atoms with Crippen LogP contribution in [0.5, 0.6) is 5.75 Å². The fraction of sp³-hybridized carbons (Fsp3) is 0.200. The van der Waals surface area contributed by atoms with Gasteiger partial charge in [-0.25, -0.2) is 9.59 Å². The molecule has 0 amide bonds. The molecule has 1 rings (SSSR count). The Morgan fingerprint density at radius 3 is 2.40 bits per heavy atom. The van der Waals surface area contributed by atoms with E-state index in [2.05, 4.69) is 4.74 Å². The van der Waals surface area contributed by atoms with Gasteiger partial charge in [-0.3, -0.25) is 0 Å². The molecule has 0 spiro atoms. The Morgan fingerprint density at radius 2 is 1.93 bits per heavy atom. The van der Waals surface area contributed by atoms with Crippen LogP contribution in [0.2, 0.25) is 0 Å². The lowest BCUT2D eigenvalue weighted by atomic mass is 10.1. The number of methoxy groups -OCH3 is 2. The maximum absolute atomic E-state index is 11.3. The minimum atomic E-state index is -1.23. The van der Waals surface area contributed by atoms with Gasteiger partial charge in [-0.1, -0.05) is 6.07 Å². The number of benzene rings is 1. The number of aromatic carboxylic acids is 1. The quantitative estimate of drug-likeness (QED) is 0.758. The Morgan fingerprint density at radius 1 is 1.27 bits per heavy atom. The number of carbonyl (C=O) groups excluding carboxylic acids is 1. The topological polar surface area (TPSA) is 72.8 Å². The lowest BCUT2D eigenvalue weighted by Crippen LogP contribution is -2.11. The standard InChI is InChI=1S/C10H10O5/c1-14-7-5-3-4-6(10(13)15-2)8(7)9(11)12/h3-5H,1-2H3,(H,11,12). The van der Waals surface area contributed by atoms with E-state index >= 15 is 0 Å². The van der Waals surface area contributed by atoms with Crippen molar-refractivity contribution < 1.29 is 24.2 Å². The summed E-state index contributed by atoms with van der Waals surface area (Å²) in [4.78, 5) is 22.2. The van der Waals surface area contributed by atoms with Gasteiger partial charge in [0.15, 0.2) is 0 Å². The third-order valence-corrected chi connectivity index (χ3v) is 1.87. The number of esters is 1. The number of carboxylic acids is 1. The first-order chi connectivity index (χ1) is 7.11. The number of carbonyl (C=O) groups is 2. The third kappa shape index (κ3) is 2.07. The second-order valence-electron chi connectivity index (χ2n) is 2.68. The Hall–Kier alpha value is -2.04. The van der Waals surface area contributed by atoms with E-state index in [0.29, 0.717) is 0 Å². The minimum Gasteiger partial charge on any atom is -0.496 e. The Balaban J connectivity index is 3.38. The predicted octanol–water partition coefficient (Wildman–Crippen LogP) is 1.18. The smallest absolute Gasteiger partial charge is 0.340 e. The summed E-state index contributed by atoms with van der Waals surface area (Å²) in [5.41, 5.74) is -0.212. The molecule has 1 aromatic rings. The Bertz CT molecular complexity index is 397. The average molecular weight is 210 g/mol. The van der Waals surface area contributed by atoms with Crippen molar-refractivity contribution in [2.75, 3.05) is 14.2 Å². The fourth-order valence-electron chi connectivity index (χ4n) is 1.20. The van der Waals surface area contributed by atoms with Gasteiger partial charge in [-0.15, -0.1) is 0 Å². The summed E-state index contributed by atoms with van der Waals surface area (Å²) in [6, 6.07) is 4.37. The molecule has 0 radical (unpaired) electrons. The highest BCUT2D eigenvalue weighted by molar-refractivity contribution is 6.04. The first-order valence-electron chi connectivity index (χ1n) is 4.10. The molecule has 0 unspecified atom stereocenters. The molecule has 0 atom stereocenters. The molecule has 5 heteroatoms. The second kappa shape index (κ2) is 4.45. The van der Waals surface area contributed by atoms with E-state index in [0.717, 1.165) is 0 Å². The van der Waals surface area contributed by atoms with Gasteiger partial charge in [-0.05, 0) is 12.1 Å². The summed E-state index contributed by atoms with van der Waals surface area (Å²) < 4.78 is 9.32. The molecule has 0 saturated carbocycles. The molecule has 0 saturated heterocycles. The van der Waals surface area contributed by atoms with Crippen LogP contribution in [0, 0.1) is 0 Å². The number of ether oxygens (including phenoxy) is 2. The minimum absolute atomic E-state index is 0.0237. The van der Waals surface area contributed by atoms with Crippen LogP contribution >= 0.6 is 0 Å². The second-order valence-corrected chi connectivity index (χ2v) is 2.68. The van der Waals surface area contributed by atoms with Crippen molar-refractivity contribution in [2.24, 2.45) is 0 Å². The zero-order valence-corrected chi connectivity index (χ0v) is 8.31. The lowest BCUT2D eigenvalue weighted by Gasteiger charge is -2.08. The van der Waals surface area contributed by atoms with Crippen LogP contribution in [0.15, 0.2) is 18.2 Å². The van der Waals surface area contributed by atoms with E-state index in [9.17, 15) is 9.59 Å². The summed E-state index contributed by atoms with van der Waals surface area (Å²) in [5, 5.41) is 8.93. The molecule has 0 aromatic heterocycles. The van der Waals surface area contributed by atoms with Crippen LogP contribution in [0.4, 0.5) is 0 Å². The first-order valence-corrected chi connectivity index (χ1v) is 4.10. The molecular weight excluding hydrogens is 200 g/mol. The molecule has 15 heavy (non-hydrogen) atoms. The summed E-state index contributed by atoms with van der Waals surface area (Å²) in [6.45, 7) is 0. The van der Waals surface area contributed by atoms with E-state index in [-0.39, 0.29) is 16.9 Å². The Labute approximate surface area is 86.2 Å². The van der Waals surface area contributed by atoms with Gasteiger partial charge in [0, 0.05) is 0 Å². The van der Waals surface area contributed by atoms with Gasteiger partial charge in [-0.2, -0.15) is 0 Å². The summed E-state index contributed by atoms with van der Waals surface area (Å²) >= 11 is 0. The van der Waals surface area contributed by atoms with Crippen LogP contribution in [-0.2, 0) is 4.74 Å². The number of hydrogen-bond donors (Lipinski definition) is 1. The van der Waals surface area contributed by atoms with Crippen LogP contribution in [-0.4, -0.2) is 31.3 Å². The first kappa shape index (κ1) is 11.0. The van der Waals surface area contributed by atoms with E-state index in [1.165, 1.54) is 32.4 Å². The summed E-state index contributed by atoms with van der Waals surface area (Å²) in [7, 11) is 2.52. The molecule has 5 nitrogen and oxygen atoms in total. The van der Waals surface area contributed by atoms with E-state index in [4.69, 9.17) is 9.84 Å². The van der Waals surface area contributed by atoms with Crippen molar-refractivity contribution in [3.63, 3.8) is 0 Å². The van der Waals surface area contributed by atoms with Crippen LogP contribution < -0.4 is 4.74 Å². The van der Waals surface area contributed by atoms with Crippen LogP contribution in [0.3, 0.4) is 0 Å². The zero-order valence-electron chi connectivity index (χ0n) is 8.31. The highest BCUT2D eigenvalue weighted by Gasteiger charge is 2.21. The fourth-order valence-corrected chi connectivity index (χ4v) is 1.20. The van der Waals surface area contributed by atoms with Crippen molar-refractivity contribution >= 4 is 11.9 Å². The maximum atomic E-state index is 11.3. The highest BCUT2D eigenvalue weighted by atomic mass is 16.5. The molecule has 0 heterocycles. The van der Waals surface area contributed by atoms with Crippen molar-refractivity contribution in [2.45, 2.75) is 0 Å². The molecule has 0 bridgehead atoms. The average Bonchev–Trinajstić information content (AvgIpc) is 2.26. The van der Waals surface area contributed by atoms with E-state index in [1.54, 1.807) is 0 Å². The zero-order chi connectivity index (χ0) is 11.4. The van der Waals surface area contributed by atoms with E-state index < -0.39 is 11.9 Å². The molecule has 1 aromatic carbocycles. The summed E-state index contributed by atoms with van der Waals surface area (Å²) in [5.74, 6) is -1.80. The number of hydrogen-bond acceptors (Lipinski definition) is 4. The SMILES string of the molecule is COC(=O)c1cccc(OC)c1C(=O)O. The van der Waals surface area contributed by atoms with Gasteiger partial charge in [0.05, 0.1) is 19.8 Å². The lowest BCUT2D eigenvalue weighted by molar-refractivity contribution is 0.0581. The third-order valence-electron chi connectivity index (χ3n) is 1.87. The largest absolute Gasteiger partial charge is 0.496 e. The predicted molar refractivity (Wildman–Crippen MR) is 51.3 cm³/mol. The van der Waals surface area contributed by atoms with E-state index in [1.807, 2.05) is 0 Å². The molecule has 80 valence electrons. The van der Waals surface area contributed by atoms with Crippen molar-refractivity contribution in [3.05, 3.63) is 29.3 Å². The molecular formula is C10H10O5. The maximum Gasteiger partial charge on any atom is 0.340 e. The van der Waals surface area contributed by atoms with Gasteiger partial charge in [0.2, 0.25) is 0 Å². The molecule has 0 fully saturated rings. The van der Waals surface area contributed by atoms with Crippen molar-refractivity contribution in [1.29, 1.82) is 0 Å². The number of carboxylic acid groups (broad SMARTS) is 1. The molecule has 0 aliphatic rings. The normalized spacial score (nSPS) is 9.47. The van der Waals surface area contributed by atoms with Crippen molar-refractivity contribution in [1.82, 2.24) is 0 Å². The Kier molecular flexibility index (Phi) is 3.28. The summed E-state index contributed by atoms with van der Waals surface area (Å²) in [6.07, 6.45) is 0. The molecule has 1 N–H and O–H groups in total. The van der Waals surface area contributed by atoms with Crippen molar-refractivity contribution in [3.8, 4) is 5.75 Å². The van der Waals surface area contributed by atoms with Crippen LogP contribution in [0.25, 0.3) is 0 Å². The molecule has 0 aliphatic heterocycles. The highest BCUT2D eigenvalue weighted by Crippen LogP contribution is 2.22. The van der Waals surface area contributed by atoms with Gasteiger partial charge < -0.3 is 14.6 Å². The van der Waals surface area contributed by atoms with Gasteiger partial charge in [0.1, 0.15) is 11.3 Å². The monoisotopic (exact) mass is 210 g/mol. The van der Waals surface area contributed by atoms with Crippen LogP contribution in [0.1, 0.15) is 20.7 Å². The molecule has 0 aliphatic carbocycles. The van der Waals surface area contributed by atoms with Gasteiger partial charge >= 0.3 is 11.9 Å². The number of rotatable bonds is 3. The van der Waals surface area contributed by atoms with Gasteiger partial charge in [0.25, 0.3) is 0 Å².